The van der Waals surface area contributed by atoms with E-state index in [1.807, 2.05) is 0 Å². The number of hydrogen-bond donors (Lipinski definition) is 1. The third-order valence-corrected chi connectivity index (χ3v) is 7.92. The van der Waals surface area contributed by atoms with Gasteiger partial charge >= 0.3 is 0 Å². The van der Waals surface area contributed by atoms with Crippen molar-refractivity contribution in [1.82, 2.24) is 0 Å². The van der Waals surface area contributed by atoms with Crippen LogP contribution in [0.25, 0.3) is 0 Å². The maximum absolute atomic E-state index is 6.04. The Kier molecular flexibility index (Phi) is 28.5. The fourth-order valence-electron chi connectivity index (χ4n) is 5.43. The maximum Gasteiger partial charge on any atom is 0.00970 e. The van der Waals surface area contributed by atoms with Crippen LogP contribution >= 0.6 is 0 Å². The van der Waals surface area contributed by atoms with Crippen LogP contribution in [0.2, 0.25) is 0 Å². The minimum absolute atomic E-state index is 0.0335. The Morgan fingerprint density at radius 1 is 0.314 bits per heavy atom. The Bertz CT molecular complexity index is 369. The van der Waals surface area contributed by atoms with Crippen molar-refractivity contribution < 1.29 is 0 Å². The molecular formula is C34H71N. The highest BCUT2D eigenvalue weighted by Gasteiger charge is 2.08. The Morgan fingerprint density at radius 3 is 0.657 bits per heavy atom. The Morgan fingerprint density at radius 2 is 0.486 bits per heavy atom. The third kappa shape index (κ3) is 34.0. The van der Waals surface area contributed by atoms with Gasteiger partial charge in [0.25, 0.3) is 0 Å². The van der Waals surface area contributed by atoms with E-state index < -0.39 is 0 Å². The molecule has 0 aromatic heterocycles. The van der Waals surface area contributed by atoms with Gasteiger partial charge in [0.05, 0.1) is 0 Å². The summed E-state index contributed by atoms with van der Waals surface area (Å²) in [5.41, 5.74) is 6.08. The van der Waals surface area contributed by atoms with Crippen LogP contribution < -0.4 is 5.73 Å². The smallest absolute Gasteiger partial charge is 0.00970 e. The van der Waals surface area contributed by atoms with Crippen molar-refractivity contribution in [3.8, 4) is 0 Å². The van der Waals surface area contributed by atoms with Gasteiger partial charge in [0.2, 0.25) is 0 Å². The van der Waals surface area contributed by atoms with Crippen LogP contribution in [0.15, 0.2) is 0 Å². The lowest BCUT2D eigenvalue weighted by atomic mass is 9.97. The second-order valence-corrected chi connectivity index (χ2v) is 12.6. The highest BCUT2D eigenvalue weighted by atomic mass is 14.7. The molecule has 1 heteroatoms. The fourth-order valence-corrected chi connectivity index (χ4v) is 5.43. The molecule has 1 nitrogen and oxygen atoms in total. The molecule has 0 aliphatic carbocycles. The summed E-state index contributed by atoms with van der Waals surface area (Å²) in [6.45, 7) is 6.60. The third-order valence-electron chi connectivity index (χ3n) is 7.92. The standard InChI is InChI=1S/C34H71N/c1-4-5-6-7-8-9-10-11-12-13-14-15-16-17-18-19-20-21-22-23-24-25-26-27-28-29-30-31-32-33-34(2,3)35/h4-33,35H2,1-3H3. The van der Waals surface area contributed by atoms with Crippen molar-refractivity contribution in [1.29, 1.82) is 0 Å². The predicted molar refractivity (Wildman–Crippen MR) is 162 cm³/mol. The minimum atomic E-state index is 0.0335. The molecule has 0 unspecified atom stereocenters. The van der Waals surface area contributed by atoms with Gasteiger partial charge < -0.3 is 5.73 Å². The van der Waals surface area contributed by atoms with Crippen LogP contribution in [0.5, 0.6) is 0 Å². The molecule has 0 amide bonds. The lowest BCUT2D eigenvalue weighted by molar-refractivity contribution is 0.440. The predicted octanol–water partition coefficient (Wildman–Crippen LogP) is 12.4. The molecule has 212 valence electrons. The summed E-state index contributed by atoms with van der Waals surface area (Å²) < 4.78 is 0. The summed E-state index contributed by atoms with van der Waals surface area (Å²) in [4.78, 5) is 0. The second kappa shape index (κ2) is 28.5. The summed E-state index contributed by atoms with van der Waals surface area (Å²) in [7, 11) is 0. The Balaban J connectivity index is 3.03. The quantitative estimate of drug-likeness (QED) is 0.0989. The first-order chi connectivity index (χ1) is 17.1. The first-order valence-electron chi connectivity index (χ1n) is 16.8. The van der Waals surface area contributed by atoms with E-state index in [0.29, 0.717) is 0 Å². The molecule has 0 radical (unpaired) electrons. The summed E-state index contributed by atoms with van der Waals surface area (Å²) >= 11 is 0. The fraction of sp³-hybridized carbons (Fsp3) is 1.00. The maximum atomic E-state index is 6.04. The van der Waals surface area contributed by atoms with E-state index in [0.717, 1.165) is 0 Å². The molecule has 0 heterocycles. The van der Waals surface area contributed by atoms with Crippen LogP contribution in [-0.2, 0) is 0 Å². The number of rotatable bonds is 30. The van der Waals surface area contributed by atoms with Gasteiger partial charge in [0, 0.05) is 5.54 Å². The Labute approximate surface area is 224 Å². The molecule has 0 rings (SSSR count). The van der Waals surface area contributed by atoms with Gasteiger partial charge in [-0.1, -0.05) is 193 Å². The molecule has 0 aromatic carbocycles. The highest BCUT2D eigenvalue weighted by molar-refractivity contribution is 4.70. The Hall–Kier alpha value is -0.0400. The zero-order chi connectivity index (χ0) is 25.7. The molecule has 0 saturated heterocycles. The van der Waals surface area contributed by atoms with Gasteiger partial charge in [-0.25, -0.2) is 0 Å². The van der Waals surface area contributed by atoms with E-state index in [1.165, 1.54) is 193 Å². The van der Waals surface area contributed by atoms with E-state index >= 15 is 0 Å². The van der Waals surface area contributed by atoms with Crippen LogP contribution in [0.1, 0.15) is 213 Å². The molecule has 0 bridgehead atoms. The van der Waals surface area contributed by atoms with Crippen molar-refractivity contribution in [3.05, 3.63) is 0 Å². The minimum Gasteiger partial charge on any atom is -0.326 e. The van der Waals surface area contributed by atoms with Crippen molar-refractivity contribution >= 4 is 0 Å². The van der Waals surface area contributed by atoms with Crippen LogP contribution in [0.4, 0.5) is 0 Å². The zero-order valence-electron chi connectivity index (χ0n) is 25.3. The summed E-state index contributed by atoms with van der Waals surface area (Å²) in [5, 5.41) is 0. The topological polar surface area (TPSA) is 26.0 Å². The summed E-state index contributed by atoms with van der Waals surface area (Å²) in [6.07, 6.45) is 43.6. The molecule has 0 aliphatic rings. The van der Waals surface area contributed by atoms with Gasteiger partial charge in [0.1, 0.15) is 0 Å². The monoisotopic (exact) mass is 494 g/mol. The molecule has 0 fully saturated rings. The normalized spacial score (nSPS) is 12.0. The molecule has 35 heavy (non-hydrogen) atoms. The largest absolute Gasteiger partial charge is 0.326 e. The number of unbranched alkanes of at least 4 members (excludes halogenated alkanes) is 28. The van der Waals surface area contributed by atoms with Crippen LogP contribution in [-0.4, -0.2) is 5.54 Å². The van der Waals surface area contributed by atoms with E-state index in [9.17, 15) is 0 Å². The molecule has 0 aliphatic heterocycles. The highest BCUT2D eigenvalue weighted by Crippen LogP contribution is 2.17. The molecule has 0 atom stereocenters. The van der Waals surface area contributed by atoms with Crippen LogP contribution in [0, 0.1) is 0 Å². The van der Waals surface area contributed by atoms with E-state index in [4.69, 9.17) is 5.73 Å². The number of hydrogen-bond acceptors (Lipinski definition) is 1. The first kappa shape index (κ1) is 35.0. The zero-order valence-corrected chi connectivity index (χ0v) is 25.3. The van der Waals surface area contributed by atoms with E-state index in [1.54, 1.807) is 0 Å². The second-order valence-electron chi connectivity index (χ2n) is 12.6. The van der Waals surface area contributed by atoms with Gasteiger partial charge in [-0.2, -0.15) is 0 Å². The van der Waals surface area contributed by atoms with Gasteiger partial charge in [-0.3, -0.25) is 0 Å². The van der Waals surface area contributed by atoms with Crippen molar-refractivity contribution in [2.24, 2.45) is 5.73 Å². The van der Waals surface area contributed by atoms with E-state index in [2.05, 4.69) is 20.8 Å². The van der Waals surface area contributed by atoms with Crippen molar-refractivity contribution in [3.63, 3.8) is 0 Å². The molecule has 0 saturated carbocycles. The summed E-state index contributed by atoms with van der Waals surface area (Å²) in [5.74, 6) is 0. The van der Waals surface area contributed by atoms with E-state index in [-0.39, 0.29) is 5.54 Å². The van der Waals surface area contributed by atoms with Crippen molar-refractivity contribution in [2.45, 2.75) is 219 Å². The molecule has 0 aromatic rings. The van der Waals surface area contributed by atoms with Gasteiger partial charge in [-0.05, 0) is 20.3 Å². The van der Waals surface area contributed by atoms with Crippen LogP contribution in [0.3, 0.4) is 0 Å². The van der Waals surface area contributed by atoms with Gasteiger partial charge in [-0.15, -0.1) is 0 Å². The SMILES string of the molecule is CCCCCCCCCCCCCCCCCCCCCCCCCCCCCCCC(C)(C)N. The molecule has 2 N–H and O–H groups in total. The molecule has 0 spiro atoms. The first-order valence-corrected chi connectivity index (χ1v) is 16.8. The average molecular weight is 494 g/mol. The average Bonchev–Trinajstić information content (AvgIpc) is 2.82. The molecular weight excluding hydrogens is 422 g/mol. The summed E-state index contributed by atoms with van der Waals surface area (Å²) in [6, 6.07) is 0. The van der Waals surface area contributed by atoms with Gasteiger partial charge in [0.15, 0.2) is 0 Å². The lowest BCUT2D eigenvalue weighted by Crippen LogP contribution is -2.31. The lowest BCUT2D eigenvalue weighted by Gasteiger charge is -2.17. The van der Waals surface area contributed by atoms with Crippen molar-refractivity contribution in [2.75, 3.05) is 0 Å². The number of nitrogens with two attached hydrogens (primary N) is 1.